The number of anilines is 2. The molecule has 7 heteroatoms. The van der Waals surface area contributed by atoms with Gasteiger partial charge in [0.05, 0.1) is 12.8 Å². The third-order valence-corrected chi connectivity index (χ3v) is 6.32. The topological polar surface area (TPSA) is 71.0 Å². The molecule has 0 radical (unpaired) electrons. The van der Waals surface area contributed by atoms with Crippen molar-refractivity contribution in [3.05, 3.63) is 90.5 Å². The summed E-state index contributed by atoms with van der Waals surface area (Å²) in [5.74, 6) is -0.0190. The normalized spacial score (nSPS) is 16.2. The molecule has 0 aromatic heterocycles. The van der Waals surface area contributed by atoms with E-state index < -0.39 is 5.25 Å². The second kappa shape index (κ2) is 10.8. The molecule has 1 unspecified atom stereocenters. The van der Waals surface area contributed by atoms with E-state index in [0.717, 1.165) is 12.1 Å². The van der Waals surface area contributed by atoms with Crippen molar-refractivity contribution in [2.45, 2.75) is 18.1 Å². The highest BCUT2D eigenvalue weighted by Gasteiger charge is 2.41. The van der Waals surface area contributed by atoms with Crippen molar-refractivity contribution >= 4 is 40.1 Å². The van der Waals surface area contributed by atoms with E-state index in [2.05, 4.69) is 17.4 Å². The Labute approximate surface area is 197 Å². The van der Waals surface area contributed by atoms with Gasteiger partial charge in [-0.25, -0.2) is 4.90 Å². The minimum atomic E-state index is -0.561. The molecule has 168 valence electrons. The number of nitrogens with one attached hydrogen (secondary N) is 1. The van der Waals surface area contributed by atoms with E-state index in [0.29, 0.717) is 23.1 Å². The number of ether oxygens (including phenoxy) is 1. The third kappa shape index (κ3) is 5.62. The van der Waals surface area contributed by atoms with Crippen LogP contribution in [0.15, 0.2) is 89.9 Å². The van der Waals surface area contributed by atoms with Gasteiger partial charge in [0.1, 0.15) is 11.0 Å². The first-order valence-electron chi connectivity index (χ1n) is 10.7. The minimum Gasteiger partial charge on any atom is -0.495 e. The summed E-state index contributed by atoms with van der Waals surface area (Å²) in [5.41, 5.74) is 2.54. The second-order valence-electron chi connectivity index (χ2n) is 7.46. The number of amidine groups is 1. The van der Waals surface area contributed by atoms with Crippen LogP contribution in [0.25, 0.3) is 0 Å². The van der Waals surface area contributed by atoms with Crippen LogP contribution >= 0.6 is 11.8 Å². The zero-order chi connectivity index (χ0) is 23.0. The molecule has 3 aromatic carbocycles. The van der Waals surface area contributed by atoms with E-state index in [-0.39, 0.29) is 18.2 Å². The molecule has 1 fully saturated rings. The average molecular weight is 460 g/mol. The van der Waals surface area contributed by atoms with Gasteiger partial charge in [0, 0.05) is 18.7 Å². The summed E-state index contributed by atoms with van der Waals surface area (Å²) in [6.07, 6.45) is 0.891. The number of carbonyl (C=O) groups is 2. The molecule has 0 saturated carbocycles. The van der Waals surface area contributed by atoms with E-state index in [1.54, 1.807) is 24.3 Å². The summed E-state index contributed by atoms with van der Waals surface area (Å²) >= 11 is 1.29. The highest BCUT2D eigenvalue weighted by Crippen LogP contribution is 2.35. The van der Waals surface area contributed by atoms with Gasteiger partial charge in [-0.1, -0.05) is 72.4 Å². The molecular weight excluding hydrogens is 434 g/mol. The van der Waals surface area contributed by atoms with Crippen molar-refractivity contribution in [3.8, 4) is 5.75 Å². The van der Waals surface area contributed by atoms with E-state index >= 15 is 0 Å². The van der Waals surface area contributed by atoms with Gasteiger partial charge in [-0.05, 0) is 36.2 Å². The summed E-state index contributed by atoms with van der Waals surface area (Å²) < 4.78 is 5.36. The Balaban J connectivity index is 1.51. The smallest absolute Gasteiger partial charge is 0.248 e. The third-order valence-electron chi connectivity index (χ3n) is 5.21. The van der Waals surface area contributed by atoms with Gasteiger partial charge in [-0.3, -0.25) is 14.6 Å². The number of nitrogens with zero attached hydrogens (tertiary/aromatic N) is 2. The first-order valence-corrected chi connectivity index (χ1v) is 11.6. The lowest BCUT2D eigenvalue weighted by atomic mass is 10.2. The maximum atomic E-state index is 13.2. The fraction of sp³-hybridized carbons (Fsp3) is 0.192. The molecule has 1 aliphatic rings. The van der Waals surface area contributed by atoms with Crippen molar-refractivity contribution in [2.24, 2.45) is 4.99 Å². The fourth-order valence-electron chi connectivity index (χ4n) is 3.58. The number of carbonyl (C=O) groups excluding carboxylic acids is 2. The van der Waals surface area contributed by atoms with Gasteiger partial charge in [0.15, 0.2) is 5.17 Å². The number of aliphatic imine (C=N–C) groups is 1. The van der Waals surface area contributed by atoms with Crippen LogP contribution in [0.4, 0.5) is 11.4 Å². The standard InChI is InChI=1S/C26H25N3O3S/c1-32-22-15-9-8-14-21(22)29-24(30)18-23(25(29)31)33-26(28-20-12-6-3-7-13-20)27-17-16-19-10-4-2-5-11-19/h2-15,23H,16-18H2,1H3,(H,27,28). The summed E-state index contributed by atoms with van der Waals surface area (Å²) in [7, 11) is 1.53. The molecule has 1 N–H and O–H groups in total. The second-order valence-corrected chi connectivity index (χ2v) is 8.65. The molecule has 1 saturated heterocycles. The number of hydrogen-bond acceptors (Lipinski definition) is 5. The summed E-state index contributed by atoms with van der Waals surface area (Å²) in [6.45, 7) is 0.567. The van der Waals surface area contributed by atoms with Gasteiger partial charge < -0.3 is 10.1 Å². The van der Waals surface area contributed by atoms with Gasteiger partial charge in [-0.2, -0.15) is 0 Å². The van der Waals surface area contributed by atoms with Gasteiger partial charge in [-0.15, -0.1) is 0 Å². The molecule has 1 heterocycles. The number of hydrogen-bond donors (Lipinski definition) is 1. The Morgan fingerprint density at radius 1 is 1.00 bits per heavy atom. The van der Waals surface area contributed by atoms with Gasteiger partial charge >= 0.3 is 0 Å². The van der Waals surface area contributed by atoms with Crippen LogP contribution in [0, 0.1) is 0 Å². The average Bonchev–Trinajstić information content (AvgIpc) is 3.12. The molecule has 2 amide bonds. The molecule has 3 aromatic rings. The number of methoxy groups -OCH3 is 1. The summed E-state index contributed by atoms with van der Waals surface area (Å²) in [6, 6.07) is 26.9. The van der Waals surface area contributed by atoms with Gasteiger partial charge in [0.25, 0.3) is 0 Å². The van der Waals surface area contributed by atoms with Crippen molar-refractivity contribution in [2.75, 3.05) is 23.9 Å². The lowest BCUT2D eigenvalue weighted by molar-refractivity contribution is -0.121. The molecule has 0 aliphatic carbocycles. The summed E-state index contributed by atoms with van der Waals surface area (Å²) in [5, 5.41) is 3.37. The lowest BCUT2D eigenvalue weighted by Gasteiger charge is -2.18. The Morgan fingerprint density at radius 2 is 1.67 bits per heavy atom. The highest BCUT2D eigenvalue weighted by atomic mass is 32.2. The number of amides is 2. The predicted octanol–water partition coefficient (Wildman–Crippen LogP) is 4.77. The molecule has 0 bridgehead atoms. The van der Waals surface area contributed by atoms with Crippen molar-refractivity contribution in [1.29, 1.82) is 0 Å². The Morgan fingerprint density at radius 3 is 2.39 bits per heavy atom. The fourth-order valence-corrected chi connectivity index (χ4v) is 4.63. The van der Waals surface area contributed by atoms with E-state index in [9.17, 15) is 9.59 Å². The van der Waals surface area contributed by atoms with E-state index in [4.69, 9.17) is 9.73 Å². The Bertz CT molecular complexity index is 1140. The molecule has 6 nitrogen and oxygen atoms in total. The maximum absolute atomic E-state index is 13.2. The minimum absolute atomic E-state index is 0.107. The van der Waals surface area contributed by atoms with Crippen molar-refractivity contribution in [3.63, 3.8) is 0 Å². The molecule has 1 atom stereocenters. The zero-order valence-electron chi connectivity index (χ0n) is 18.3. The lowest BCUT2D eigenvalue weighted by Crippen LogP contribution is -2.32. The van der Waals surface area contributed by atoms with Crippen LogP contribution in [0.1, 0.15) is 12.0 Å². The van der Waals surface area contributed by atoms with Crippen molar-refractivity contribution < 1.29 is 14.3 Å². The van der Waals surface area contributed by atoms with Crippen LogP contribution in [0.2, 0.25) is 0 Å². The molecule has 33 heavy (non-hydrogen) atoms. The van der Waals surface area contributed by atoms with Crippen LogP contribution in [-0.2, 0) is 16.0 Å². The van der Waals surface area contributed by atoms with Crippen LogP contribution in [0.5, 0.6) is 5.75 Å². The highest BCUT2D eigenvalue weighted by molar-refractivity contribution is 8.15. The number of benzene rings is 3. The monoisotopic (exact) mass is 459 g/mol. The Kier molecular flexibility index (Phi) is 7.42. The molecular formula is C26H25N3O3S. The van der Waals surface area contributed by atoms with Crippen molar-refractivity contribution in [1.82, 2.24) is 0 Å². The first kappa shape index (κ1) is 22.6. The van der Waals surface area contributed by atoms with Gasteiger partial charge in [0.2, 0.25) is 11.8 Å². The number of para-hydroxylation sites is 3. The summed E-state index contributed by atoms with van der Waals surface area (Å²) in [4.78, 5) is 31.9. The van der Waals surface area contributed by atoms with Crippen LogP contribution in [0.3, 0.4) is 0 Å². The predicted molar refractivity (Wildman–Crippen MR) is 134 cm³/mol. The number of rotatable bonds is 7. The zero-order valence-corrected chi connectivity index (χ0v) is 19.1. The molecule has 0 spiro atoms. The maximum Gasteiger partial charge on any atom is 0.248 e. The number of imide groups is 1. The van der Waals surface area contributed by atoms with E-state index in [1.807, 2.05) is 48.5 Å². The largest absolute Gasteiger partial charge is 0.495 e. The molecule has 1 aliphatic heterocycles. The SMILES string of the molecule is COc1ccccc1N1C(=O)CC(SC(=NCCc2ccccc2)Nc2ccccc2)C1=O. The van der Waals surface area contributed by atoms with Crippen LogP contribution < -0.4 is 15.0 Å². The Hall–Kier alpha value is -3.58. The number of thioether (sulfide) groups is 1. The van der Waals surface area contributed by atoms with Crippen LogP contribution in [-0.4, -0.2) is 35.9 Å². The molecule has 4 rings (SSSR count). The van der Waals surface area contributed by atoms with E-state index in [1.165, 1.54) is 29.3 Å². The quantitative estimate of drug-likeness (QED) is 0.313. The first-order chi connectivity index (χ1) is 16.2.